The van der Waals surface area contributed by atoms with Crippen molar-refractivity contribution in [2.75, 3.05) is 5.73 Å². The van der Waals surface area contributed by atoms with Gasteiger partial charge in [0, 0.05) is 18.0 Å². The van der Waals surface area contributed by atoms with Crippen LogP contribution in [0.25, 0.3) is 22.4 Å². The Balaban J connectivity index is 2.19. The number of aryl methyl sites for hydroxylation is 1. The van der Waals surface area contributed by atoms with Crippen molar-refractivity contribution < 1.29 is 4.52 Å². The van der Waals surface area contributed by atoms with Gasteiger partial charge >= 0.3 is 0 Å². The molecule has 1 aromatic carbocycles. The van der Waals surface area contributed by atoms with Crippen molar-refractivity contribution >= 4 is 5.88 Å². The number of rotatable bonds is 2. The molecule has 0 fully saturated rings. The fourth-order valence-corrected chi connectivity index (χ4v) is 2.09. The first-order valence-electron chi connectivity index (χ1n) is 5.98. The Labute approximate surface area is 110 Å². The molecular weight excluding hydrogens is 238 g/mol. The van der Waals surface area contributed by atoms with Crippen LogP contribution in [0.3, 0.4) is 0 Å². The Kier molecular flexibility index (Phi) is 2.76. The van der Waals surface area contributed by atoms with E-state index in [1.54, 1.807) is 12.4 Å². The molecule has 0 unspecified atom stereocenters. The predicted octanol–water partition coefficient (Wildman–Crippen LogP) is 3.29. The summed E-state index contributed by atoms with van der Waals surface area (Å²) in [5.41, 5.74) is 10.6. The summed E-state index contributed by atoms with van der Waals surface area (Å²) in [4.78, 5) is 4.01. The van der Waals surface area contributed by atoms with Crippen LogP contribution in [0.5, 0.6) is 0 Å². The summed E-state index contributed by atoms with van der Waals surface area (Å²) in [6.07, 6.45) is 3.45. The van der Waals surface area contributed by atoms with E-state index >= 15 is 0 Å². The van der Waals surface area contributed by atoms with Crippen molar-refractivity contribution in [2.45, 2.75) is 6.92 Å². The molecule has 0 amide bonds. The second-order valence-electron chi connectivity index (χ2n) is 4.38. The average Bonchev–Trinajstić information content (AvgIpc) is 2.82. The molecule has 0 aliphatic carbocycles. The van der Waals surface area contributed by atoms with E-state index < -0.39 is 0 Å². The zero-order valence-electron chi connectivity index (χ0n) is 10.5. The van der Waals surface area contributed by atoms with Crippen LogP contribution in [0.2, 0.25) is 0 Å². The number of hydrogen-bond acceptors (Lipinski definition) is 4. The fourth-order valence-electron chi connectivity index (χ4n) is 2.09. The van der Waals surface area contributed by atoms with Gasteiger partial charge in [-0.25, -0.2) is 0 Å². The van der Waals surface area contributed by atoms with Crippen molar-refractivity contribution in [1.82, 2.24) is 10.1 Å². The van der Waals surface area contributed by atoms with E-state index in [0.717, 1.165) is 22.4 Å². The molecule has 4 nitrogen and oxygen atoms in total. The van der Waals surface area contributed by atoms with Crippen LogP contribution in [0.15, 0.2) is 53.3 Å². The van der Waals surface area contributed by atoms with Crippen LogP contribution in [0, 0.1) is 6.92 Å². The highest BCUT2D eigenvalue weighted by molar-refractivity contribution is 5.86. The van der Waals surface area contributed by atoms with E-state index in [-0.39, 0.29) is 0 Å². The molecule has 2 aromatic heterocycles. The number of nitrogens with two attached hydrogens (primary N) is 1. The summed E-state index contributed by atoms with van der Waals surface area (Å²) < 4.78 is 5.15. The molecule has 0 aliphatic heterocycles. The third-order valence-corrected chi connectivity index (χ3v) is 2.98. The fraction of sp³-hybridized carbons (Fsp3) is 0.0667. The Morgan fingerprint density at radius 3 is 2.58 bits per heavy atom. The van der Waals surface area contributed by atoms with Gasteiger partial charge in [-0.15, -0.1) is 0 Å². The minimum atomic E-state index is 0.322. The van der Waals surface area contributed by atoms with Crippen LogP contribution in [0.4, 0.5) is 5.88 Å². The van der Waals surface area contributed by atoms with Gasteiger partial charge in [0.1, 0.15) is 5.69 Å². The molecule has 0 bridgehead atoms. The smallest absolute Gasteiger partial charge is 0.230 e. The highest BCUT2D eigenvalue weighted by Gasteiger charge is 2.17. The maximum absolute atomic E-state index is 5.90. The van der Waals surface area contributed by atoms with Gasteiger partial charge in [0.2, 0.25) is 5.88 Å². The molecule has 0 saturated carbocycles. The van der Waals surface area contributed by atoms with E-state index in [1.807, 2.05) is 37.3 Å². The van der Waals surface area contributed by atoms with Gasteiger partial charge in [0.25, 0.3) is 0 Å². The van der Waals surface area contributed by atoms with Gasteiger partial charge in [0.15, 0.2) is 0 Å². The number of anilines is 1. The Bertz CT molecular complexity index is 704. The standard InChI is InChI=1S/C15H13N3O/c1-10-3-2-4-12(9-10)14-13(15(16)19-18-14)11-5-7-17-8-6-11/h2-9H,16H2,1H3. The van der Waals surface area contributed by atoms with E-state index in [4.69, 9.17) is 10.3 Å². The minimum absolute atomic E-state index is 0.322. The number of pyridine rings is 1. The lowest BCUT2D eigenvalue weighted by Gasteiger charge is -2.03. The third-order valence-electron chi connectivity index (χ3n) is 2.98. The molecule has 19 heavy (non-hydrogen) atoms. The number of benzene rings is 1. The third kappa shape index (κ3) is 2.08. The van der Waals surface area contributed by atoms with Crippen molar-refractivity contribution in [3.63, 3.8) is 0 Å². The lowest BCUT2D eigenvalue weighted by atomic mass is 10.0. The van der Waals surface area contributed by atoms with E-state index in [2.05, 4.69) is 16.2 Å². The van der Waals surface area contributed by atoms with Crippen molar-refractivity contribution in [1.29, 1.82) is 0 Å². The number of nitrogens with zero attached hydrogens (tertiary/aromatic N) is 2. The lowest BCUT2D eigenvalue weighted by Crippen LogP contribution is -1.88. The minimum Gasteiger partial charge on any atom is -0.367 e. The molecule has 0 saturated heterocycles. The van der Waals surface area contributed by atoms with Gasteiger partial charge in [-0.3, -0.25) is 4.98 Å². The normalized spacial score (nSPS) is 10.6. The molecule has 0 aliphatic rings. The van der Waals surface area contributed by atoms with Crippen molar-refractivity contribution in [2.24, 2.45) is 0 Å². The molecule has 2 N–H and O–H groups in total. The van der Waals surface area contributed by atoms with E-state index in [9.17, 15) is 0 Å². The maximum atomic E-state index is 5.90. The molecule has 2 heterocycles. The topological polar surface area (TPSA) is 64.9 Å². The highest BCUT2D eigenvalue weighted by atomic mass is 16.5. The van der Waals surface area contributed by atoms with Crippen LogP contribution >= 0.6 is 0 Å². The molecule has 4 heteroatoms. The number of aromatic nitrogens is 2. The summed E-state index contributed by atoms with van der Waals surface area (Å²) in [5.74, 6) is 0.322. The first-order valence-corrected chi connectivity index (χ1v) is 5.98. The van der Waals surface area contributed by atoms with Crippen molar-refractivity contribution in [3.8, 4) is 22.4 Å². The van der Waals surface area contributed by atoms with Crippen LogP contribution < -0.4 is 5.73 Å². The molecule has 0 spiro atoms. The van der Waals surface area contributed by atoms with Gasteiger partial charge in [-0.1, -0.05) is 28.9 Å². The monoisotopic (exact) mass is 251 g/mol. The highest BCUT2D eigenvalue weighted by Crippen LogP contribution is 2.35. The van der Waals surface area contributed by atoms with Gasteiger partial charge in [-0.2, -0.15) is 0 Å². The molecule has 3 rings (SSSR count). The Morgan fingerprint density at radius 1 is 1.05 bits per heavy atom. The predicted molar refractivity (Wildman–Crippen MR) is 74.3 cm³/mol. The maximum Gasteiger partial charge on any atom is 0.230 e. The summed E-state index contributed by atoms with van der Waals surface area (Å²) in [6, 6.07) is 11.9. The first kappa shape index (κ1) is 11.5. The van der Waals surface area contributed by atoms with Crippen LogP contribution in [0.1, 0.15) is 5.56 Å². The van der Waals surface area contributed by atoms with Crippen LogP contribution in [-0.2, 0) is 0 Å². The van der Waals surface area contributed by atoms with Crippen LogP contribution in [-0.4, -0.2) is 10.1 Å². The lowest BCUT2D eigenvalue weighted by molar-refractivity contribution is 0.439. The molecule has 94 valence electrons. The summed E-state index contributed by atoms with van der Waals surface area (Å²) in [5, 5.41) is 4.08. The first-order chi connectivity index (χ1) is 9.25. The van der Waals surface area contributed by atoms with E-state index in [1.165, 1.54) is 5.56 Å². The van der Waals surface area contributed by atoms with Gasteiger partial charge < -0.3 is 10.3 Å². The average molecular weight is 251 g/mol. The van der Waals surface area contributed by atoms with Gasteiger partial charge in [-0.05, 0) is 30.7 Å². The Morgan fingerprint density at radius 2 is 1.84 bits per heavy atom. The summed E-state index contributed by atoms with van der Waals surface area (Å²) >= 11 is 0. The second kappa shape index (κ2) is 4.57. The van der Waals surface area contributed by atoms with Crippen molar-refractivity contribution in [3.05, 3.63) is 54.4 Å². The van der Waals surface area contributed by atoms with E-state index in [0.29, 0.717) is 5.88 Å². The molecule has 3 aromatic rings. The summed E-state index contributed by atoms with van der Waals surface area (Å²) in [6.45, 7) is 2.04. The SMILES string of the molecule is Cc1cccc(-c2noc(N)c2-c2ccncc2)c1. The zero-order chi connectivity index (χ0) is 13.2. The largest absolute Gasteiger partial charge is 0.367 e. The number of nitrogen functional groups attached to an aromatic ring is 1. The quantitative estimate of drug-likeness (QED) is 0.759. The number of hydrogen-bond donors (Lipinski definition) is 1. The molecule has 0 radical (unpaired) electrons. The van der Waals surface area contributed by atoms with Gasteiger partial charge in [0.05, 0.1) is 5.56 Å². The zero-order valence-corrected chi connectivity index (χ0v) is 10.5. The molecule has 0 atom stereocenters. The second-order valence-corrected chi connectivity index (χ2v) is 4.38. The summed E-state index contributed by atoms with van der Waals surface area (Å²) in [7, 11) is 0. The Hall–Kier alpha value is -2.62. The molecular formula is C15H13N3O.